The van der Waals surface area contributed by atoms with Gasteiger partial charge in [-0.25, -0.2) is 9.67 Å². The number of nitrogens with zero attached hydrogens (tertiary/aromatic N) is 3. The summed E-state index contributed by atoms with van der Waals surface area (Å²) in [5.41, 5.74) is 8.45. The van der Waals surface area contributed by atoms with E-state index < -0.39 is 0 Å². The summed E-state index contributed by atoms with van der Waals surface area (Å²) >= 11 is 0. The van der Waals surface area contributed by atoms with E-state index in [4.69, 9.17) is 5.73 Å². The number of nitrogens with two attached hydrogens (primary N) is 1. The molecule has 0 atom stereocenters. The number of aromatic amines is 1. The van der Waals surface area contributed by atoms with E-state index in [0.29, 0.717) is 5.82 Å². The summed E-state index contributed by atoms with van der Waals surface area (Å²) in [6.07, 6.45) is 3.50. The number of aromatic nitrogens is 4. The van der Waals surface area contributed by atoms with E-state index in [9.17, 15) is 0 Å². The van der Waals surface area contributed by atoms with E-state index >= 15 is 0 Å². The second kappa shape index (κ2) is 2.84. The molecule has 0 saturated heterocycles. The predicted octanol–water partition coefficient (Wildman–Crippen LogP) is 1.33. The molecule has 0 fully saturated rings. The molecule has 0 aliphatic heterocycles. The van der Waals surface area contributed by atoms with Crippen LogP contribution < -0.4 is 5.73 Å². The van der Waals surface area contributed by atoms with E-state index in [1.54, 1.807) is 17.1 Å². The molecule has 3 aromatic rings. The van der Waals surface area contributed by atoms with Crippen molar-refractivity contribution >= 4 is 16.9 Å². The van der Waals surface area contributed by atoms with Gasteiger partial charge < -0.3 is 10.7 Å². The molecule has 1 aromatic carbocycles. The fraction of sp³-hybridized carbons (Fsp3) is 0. The molecule has 3 N–H and O–H groups in total. The van der Waals surface area contributed by atoms with Gasteiger partial charge in [0.15, 0.2) is 0 Å². The molecule has 5 nitrogen and oxygen atoms in total. The van der Waals surface area contributed by atoms with Crippen LogP contribution in [0.4, 0.5) is 5.82 Å². The van der Waals surface area contributed by atoms with Gasteiger partial charge in [-0.2, -0.15) is 5.10 Å². The second-order valence-electron chi connectivity index (χ2n) is 3.29. The Morgan fingerprint density at radius 2 is 2.20 bits per heavy atom. The Hall–Kier alpha value is -2.30. The van der Waals surface area contributed by atoms with Crippen molar-refractivity contribution in [2.45, 2.75) is 0 Å². The maximum absolute atomic E-state index is 5.56. The number of fused-ring (bicyclic) bond motifs is 1. The molecule has 0 unspecified atom stereocenters. The average Bonchev–Trinajstić information content (AvgIpc) is 2.84. The van der Waals surface area contributed by atoms with Gasteiger partial charge in [0.05, 0.1) is 23.0 Å². The molecule has 0 radical (unpaired) electrons. The maximum Gasteiger partial charge on any atom is 0.145 e. The molecule has 5 heteroatoms. The maximum atomic E-state index is 5.56. The standard InChI is InChI=1S/C10H9N5/c11-10-3-4-15(14-10)7-1-2-8-9(5-7)13-6-12-8/h1-6H,(H2,11,14)(H,12,13). The Bertz CT molecular complexity index is 607. The van der Waals surface area contributed by atoms with Gasteiger partial charge in [-0.05, 0) is 18.2 Å². The number of rotatable bonds is 1. The van der Waals surface area contributed by atoms with Gasteiger partial charge in [-0.3, -0.25) is 0 Å². The fourth-order valence-corrected chi connectivity index (χ4v) is 1.55. The number of imidazole rings is 1. The van der Waals surface area contributed by atoms with Crippen LogP contribution in [-0.4, -0.2) is 19.7 Å². The zero-order valence-electron chi connectivity index (χ0n) is 7.88. The Morgan fingerprint density at radius 1 is 1.27 bits per heavy atom. The van der Waals surface area contributed by atoms with Crippen LogP contribution in [0.25, 0.3) is 16.7 Å². The molecule has 74 valence electrons. The average molecular weight is 199 g/mol. The van der Waals surface area contributed by atoms with Crippen LogP contribution in [0.15, 0.2) is 36.8 Å². The third kappa shape index (κ3) is 1.25. The Labute approximate surface area is 85.5 Å². The molecule has 15 heavy (non-hydrogen) atoms. The third-order valence-corrected chi connectivity index (χ3v) is 2.28. The molecular weight excluding hydrogens is 190 g/mol. The van der Waals surface area contributed by atoms with Crippen LogP contribution in [0.3, 0.4) is 0 Å². The van der Waals surface area contributed by atoms with Gasteiger partial charge in [0.2, 0.25) is 0 Å². The lowest BCUT2D eigenvalue weighted by molar-refractivity contribution is 0.887. The smallest absolute Gasteiger partial charge is 0.145 e. The normalized spacial score (nSPS) is 10.9. The van der Waals surface area contributed by atoms with Gasteiger partial charge >= 0.3 is 0 Å². The highest BCUT2D eigenvalue weighted by atomic mass is 15.3. The van der Waals surface area contributed by atoms with E-state index in [1.807, 2.05) is 24.4 Å². The van der Waals surface area contributed by atoms with Gasteiger partial charge in [0, 0.05) is 12.3 Å². The van der Waals surface area contributed by atoms with Gasteiger partial charge in [0.1, 0.15) is 5.82 Å². The Balaban J connectivity index is 2.18. The molecule has 2 heterocycles. The number of nitrogen functional groups attached to an aromatic ring is 1. The molecule has 0 amide bonds. The van der Waals surface area contributed by atoms with Crippen LogP contribution in [0.1, 0.15) is 0 Å². The number of hydrogen-bond donors (Lipinski definition) is 2. The molecule has 0 saturated carbocycles. The molecular formula is C10H9N5. The summed E-state index contributed by atoms with van der Waals surface area (Å²) in [6.45, 7) is 0. The first kappa shape index (κ1) is 8.05. The van der Waals surface area contributed by atoms with Crippen molar-refractivity contribution in [1.29, 1.82) is 0 Å². The van der Waals surface area contributed by atoms with Crippen molar-refractivity contribution in [3.63, 3.8) is 0 Å². The molecule has 0 bridgehead atoms. The van der Waals surface area contributed by atoms with Crippen LogP contribution >= 0.6 is 0 Å². The van der Waals surface area contributed by atoms with E-state index in [-0.39, 0.29) is 0 Å². The van der Waals surface area contributed by atoms with Gasteiger partial charge in [-0.1, -0.05) is 0 Å². The highest BCUT2D eigenvalue weighted by molar-refractivity contribution is 5.76. The van der Waals surface area contributed by atoms with Crippen molar-refractivity contribution in [1.82, 2.24) is 19.7 Å². The first-order chi connectivity index (χ1) is 7.33. The van der Waals surface area contributed by atoms with E-state index in [1.165, 1.54) is 0 Å². The lowest BCUT2D eigenvalue weighted by Crippen LogP contribution is -1.95. The predicted molar refractivity (Wildman–Crippen MR) is 57.6 cm³/mol. The van der Waals surface area contributed by atoms with E-state index in [0.717, 1.165) is 16.7 Å². The summed E-state index contributed by atoms with van der Waals surface area (Å²) in [5, 5.41) is 4.13. The van der Waals surface area contributed by atoms with Gasteiger partial charge in [-0.15, -0.1) is 0 Å². The number of nitrogens with one attached hydrogen (secondary N) is 1. The first-order valence-corrected chi connectivity index (χ1v) is 4.57. The zero-order valence-corrected chi connectivity index (χ0v) is 7.88. The molecule has 2 aromatic heterocycles. The molecule has 3 rings (SSSR count). The van der Waals surface area contributed by atoms with Crippen molar-refractivity contribution < 1.29 is 0 Å². The van der Waals surface area contributed by atoms with Crippen molar-refractivity contribution in [2.24, 2.45) is 0 Å². The first-order valence-electron chi connectivity index (χ1n) is 4.57. The fourth-order valence-electron chi connectivity index (χ4n) is 1.55. The van der Waals surface area contributed by atoms with Crippen molar-refractivity contribution in [3.05, 3.63) is 36.8 Å². The topological polar surface area (TPSA) is 72.5 Å². The highest BCUT2D eigenvalue weighted by Gasteiger charge is 2.01. The summed E-state index contributed by atoms with van der Waals surface area (Å²) in [4.78, 5) is 7.20. The minimum absolute atomic E-state index is 0.514. The van der Waals surface area contributed by atoms with E-state index in [2.05, 4.69) is 15.1 Å². The van der Waals surface area contributed by atoms with Crippen LogP contribution in [0.2, 0.25) is 0 Å². The number of H-pyrrole nitrogens is 1. The summed E-state index contributed by atoms with van der Waals surface area (Å²) in [6, 6.07) is 7.64. The zero-order chi connectivity index (χ0) is 10.3. The van der Waals surface area contributed by atoms with Crippen LogP contribution in [0, 0.1) is 0 Å². The summed E-state index contributed by atoms with van der Waals surface area (Å²) < 4.78 is 1.73. The molecule has 0 aliphatic rings. The molecule has 0 spiro atoms. The van der Waals surface area contributed by atoms with Gasteiger partial charge in [0.25, 0.3) is 0 Å². The van der Waals surface area contributed by atoms with Crippen LogP contribution in [-0.2, 0) is 0 Å². The Kier molecular flexibility index (Phi) is 1.53. The second-order valence-corrected chi connectivity index (χ2v) is 3.29. The Morgan fingerprint density at radius 3 is 3.00 bits per heavy atom. The number of hydrogen-bond acceptors (Lipinski definition) is 3. The third-order valence-electron chi connectivity index (χ3n) is 2.28. The summed E-state index contributed by atoms with van der Waals surface area (Å²) in [5.74, 6) is 0.514. The van der Waals surface area contributed by atoms with Crippen molar-refractivity contribution in [3.8, 4) is 5.69 Å². The van der Waals surface area contributed by atoms with Crippen LogP contribution in [0.5, 0.6) is 0 Å². The lowest BCUT2D eigenvalue weighted by atomic mass is 10.3. The lowest BCUT2D eigenvalue weighted by Gasteiger charge is -2.00. The quantitative estimate of drug-likeness (QED) is 0.621. The van der Waals surface area contributed by atoms with Crippen molar-refractivity contribution in [2.75, 3.05) is 5.73 Å². The molecule has 0 aliphatic carbocycles. The number of benzene rings is 1. The monoisotopic (exact) mass is 199 g/mol. The number of anilines is 1. The summed E-state index contributed by atoms with van der Waals surface area (Å²) in [7, 11) is 0. The largest absolute Gasteiger partial charge is 0.382 e. The SMILES string of the molecule is Nc1ccn(-c2ccc3nc[nH]c3c2)n1. The minimum Gasteiger partial charge on any atom is -0.382 e. The highest BCUT2D eigenvalue weighted by Crippen LogP contribution is 2.15. The minimum atomic E-state index is 0.514.